The second-order valence-corrected chi connectivity index (χ2v) is 5.18. The first-order valence-electron chi connectivity index (χ1n) is 6.31. The predicted molar refractivity (Wildman–Crippen MR) is 69.8 cm³/mol. The van der Waals surface area contributed by atoms with Gasteiger partial charge in [-0.2, -0.15) is 0 Å². The summed E-state index contributed by atoms with van der Waals surface area (Å²) in [5, 5.41) is 9.32. The highest BCUT2D eigenvalue weighted by Crippen LogP contribution is 2.35. The van der Waals surface area contributed by atoms with Gasteiger partial charge in [-0.25, -0.2) is 0 Å². The fourth-order valence-corrected chi connectivity index (χ4v) is 2.24. The van der Waals surface area contributed by atoms with Crippen LogP contribution >= 0.6 is 0 Å². The summed E-state index contributed by atoms with van der Waals surface area (Å²) in [6.07, 6.45) is 3.58. The third kappa shape index (κ3) is 3.01. The molecule has 0 saturated heterocycles. The van der Waals surface area contributed by atoms with Gasteiger partial charge in [-0.05, 0) is 41.9 Å². The maximum Gasteiger partial charge on any atom is 0.115 e. The number of aromatic hydroxyl groups is 1. The van der Waals surface area contributed by atoms with Crippen LogP contribution in [0.4, 0.5) is 0 Å². The molecular formula is C15H24O. The van der Waals surface area contributed by atoms with E-state index in [0.717, 1.165) is 12.3 Å². The molecule has 0 heterocycles. The summed E-state index contributed by atoms with van der Waals surface area (Å²) in [5.41, 5.74) is 1.58. The molecule has 0 spiro atoms. The summed E-state index contributed by atoms with van der Waals surface area (Å²) < 4.78 is 0. The van der Waals surface area contributed by atoms with Crippen molar-refractivity contribution in [2.75, 3.05) is 0 Å². The number of rotatable bonds is 5. The molecule has 1 nitrogen and oxygen atoms in total. The van der Waals surface area contributed by atoms with Crippen molar-refractivity contribution in [3.05, 3.63) is 29.8 Å². The lowest BCUT2D eigenvalue weighted by Gasteiger charge is -2.31. The molecule has 1 rings (SSSR count). The lowest BCUT2D eigenvalue weighted by atomic mass is 9.73. The van der Waals surface area contributed by atoms with Crippen molar-refractivity contribution in [2.45, 2.75) is 52.4 Å². The predicted octanol–water partition coefficient (Wildman–Crippen LogP) is 4.50. The van der Waals surface area contributed by atoms with Crippen LogP contribution in [-0.4, -0.2) is 5.11 Å². The third-order valence-corrected chi connectivity index (χ3v) is 3.84. The van der Waals surface area contributed by atoms with E-state index in [1.807, 2.05) is 0 Å². The Labute approximate surface area is 99.5 Å². The van der Waals surface area contributed by atoms with Crippen molar-refractivity contribution in [1.29, 1.82) is 0 Å². The van der Waals surface area contributed by atoms with Crippen LogP contribution in [0.5, 0.6) is 5.75 Å². The fourth-order valence-electron chi connectivity index (χ4n) is 2.24. The van der Waals surface area contributed by atoms with Crippen LogP contribution in [0.25, 0.3) is 0 Å². The highest BCUT2D eigenvalue weighted by Gasteiger charge is 2.26. The minimum Gasteiger partial charge on any atom is -0.508 e. The molecule has 2 atom stereocenters. The van der Waals surface area contributed by atoms with Gasteiger partial charge in [-0.3, -0.25) is 0 Å². The Balaban J connectivity index is 2.90. The lowest BCUT2D eigenvalue weighted by Crippen LogP contribution is -2.23. The average molecular weight is 220 g/mol. The van der Waals surface area contributed by atoms with E-state index in [9.17, 15) is 5.11 Å². The molecule has 0 aliphatic heterocycles. The van der Waals surface area contributed by atoms with Crippen LogP contribution in [0, 0.1) is 5.92 Å². The van der Waals surface area contributed by atoms with Crippen LogP contribution < -0.4 is 0 Å². The molecule has 0 aliphatic rings. The molecule has 0 saturated carbocycles. The van der Waals surface area contributed by atoms with Gasteiger partial charge in [0.15, 0.2) is 0 Å². The molecule has 0 radical (unpaired) electrons. The molecule has 0 aliphatic carbocycles. The molecule has 0 bridgehead atoms. The summed E-state index contributed by atoms with van der Waals surface area (Å²) in [7, 11) is 0. The Morgan fingerprint density at radius 1 is 1.19 bits per heavy atom. The minimum atomic E-state index is 0.239. The topological polar surface area (TPSA) is 20.2 Å². The van der Waals surface area contributed by atoms with Gasteiger partial charge in [0.1, 0.15) is 5.75 Å². The van der Waals surface area contributed by atoms with E-state index in [-0.39, 0.29) is 5.41 Å². The van der Waals surface area contributed by atoms with E-state index in [1.54, 1.807) is 12.1 Å². The second kappa shape index (κ2) is 5.38. The van der Waals surface area contributed by atoms with Gasteiger partial charge in [-0.1, -0.05) is 46.2 Å². The zero-order valence-electron chi connectivity index (χ0n) is 11.0. The molecular weight excluding hydrogens is 196 g/mol. The number of phenols is 1. The van der Waals surface area contributed by atoms with Crippen LogP contribution in [0.2, 0.25) is 0 Å². The highest BCUT2D eigenvalue weighted by molar-refractivity contribution is 5.31. The molecule has 0 aromatic heterocycles. The van der Waals surface area contributed by atoms with Crippen LogP contribution in [0.3, 0.4) is 0 Å². The Bertz CT molecular complexity index is 315. The maximum atomic E-state index is 9.32. The minimum absolute atomic E-state index is 0.239. The van der Waals surface area contributed by atoms with Crippen molar-refractivity contribution in [3.8, 4) is 5.75 Å². The van der Waals surface area contributed by atoms with Crippen molar-refractivity contribution in [1.82, 2.24) is 0 Å². The van der Waals surface area contributed by atoms with Gasteiger partial charge in [0.25, 0.3) is 0 Å². The molecule has 1 aromatic rings. The smallest absolute Gasteiger partial charge is 0.115 e. The Morgan fingerprint density at radius 2 is 1.75 bits per heavy atom. The molecule has 0 amide bonds. The van der Waals surface area contributed by atoms with E-state index in [2.05, 4.69) is 39.8 Å². The number of benzene rings is 1. The first kappa shape index (κ1) is 13.1. The van der Waals surface area contributed by atoms with E-state index in [0.29, 0.717) is 5.75 Å². The summed E-state index contributed by atoms with van der Waals surface area (Å²) in [5.74, 6) is 1.10. The average Bonchev–Trinajstić information content (AvgIpc) is 2.29. The van der Waals surface area contributed by atoms with Gasteiger partial charge < -0.3 is 5.11 Å². The molecule has 90 valence electrons. The van der Waals surface area contributed by atoms with Crippen molar-refractivity contribution >= 4 is 0 Å². The van der Waals surface area contributed by atoms with Gasteiger partial charge in [0.05, 0.1) is 0 Å². The zero-order valence-corrected chi connectivity index (χ0v) is 11.0. The van der Waals surface area contributed by atoms with Crippen molar-refractivity contribution in [3.63, 3.8) is 0 Å². The van der Waals surface area contributed by atoms with Gasteiger partial charge in [0, 0.05) is 0 Å². The van der Waals surface area contributed by atoms with E-state index >= 15 is 0 Å². The molecule has 1 N–H and O–H groups in total. The van der Waals surface area contributed by atoms with E-state index < -0.39 is 0 Å². The van der Waals surface area contributed by atoms with Gasteiger partial charge in [-0.15, -0.1) is 0 Å². The summed E-state index contributed by atoms with van der Waals surface area (Å²) in [6, 6.07) is 7.70. The number of hydrogen-bond donors (Lipinski definition) is 1. The first-order valence-corrected chi connectivity index (χ1v) is 6.31. The summed E-state index contributed by atoms with van der Waals surface area (Å²) >= 11 is 0. The summed E-state index contributed by atoms with van der Waals surface area (Å²) in [4.78, 5) is 0. The number of phenolic OH excluding ortho intramolecular Hbond substituents is 1. The highest BCUT2D eigenvalue weighted by atomic mass is 16.3. The van der Waals surface area contributed by atoms with E-state index in [1.165, 1.54) is 18.4 Å². The van der Waals surface area contributed by atoms with Crippen LogP contribution in [-0.2, 0) is 5.41 Å². The van der Waals surface area contributed by atoms with Crippen LogP contribution in [0.1, 0.15) is 52.5 Å². The zero-order chi connectivity index (χ0) is 12.2. The standard InChI is InChI=1S/C15H24O/c1-5-12(3)11-15(4,6-2)13-7-9-14(16)10-8-13/h7-10,12,16H,5-6,11H2,1-4H3/t12-,15+/m1/s1. The maximum absolute atomic E-state index is 9.32. The van der Waals surface area contributed by atoms with Gasteiger partial charge >= 0.3 is 0 Å². The Kier molecular flexibility index (Phi) is 4.40. The molecule has 1 aromatic carbocycles. The monoisotopic (exact) mass is 220 g/mol. The first-order chi connectivity index (χ1) is 7.51. The quantitative estimate of drug-likeness (QED) is 0.774. The van der Waals surface area contributed by atoms with E-state index in [4.69, 9.17) is 0 Å². The Morgan fingerprint density at radius 3 is 2.19 bits per heavy atom. The SMILES string of the molecule is CC[C@@H](C)C[C@](C)(CC)c1ccc(O)cc1. The lowest BCUT2D eigenvalue weighted by molar-refractivity contribution is 0.336. The molecule has 0 fully saturated rings. The normalized spacial score (nSPS) is 16.8. The van der Waals surface area contributed by atoms with Crippen molar-refractivity contribution < 1.29 is 5.11 Å². The Hall–Kier alpha value is -0.980. The molecule has 16 heavy (non-hydrogen) atoms. The number of hydrogen-bond acceptors (Lipinski definition) is 1. The second-order valence-electron chi connectivity index (χ2n) is 5.18. The van der Waals surface area contributed by atoms with Crippen LogP contribution in [0.15, 0.2) is 24.3 Å². The van der Waals surface area contributed by atoms with Crippen molar-refractivity contribution in [2.24, 2.45) is 5.92 Å². The largest absolute Gasteiger partial charge is 0.508 e. The molecule has 1 heteroatoms. The fraction of sp³-hybridized carbons (Fsp3) is 0.600. The summed E-state index contributed by atoms with van der Waals surface area (Å²) in [6.45, 7) is 9.13. The molecule has 0 unspecified atom stereocenters. The third-order valence-electron chi connectivity index (χ3n) is 3.84. The van der Waals surface area contributed by atoms with Gasteiger partial charge in [0.2, 0.25) is 0 Å².